The van der Waals surface area contributed by atoms with Crippen LogP contribution in [0.3, 0.4) is 0 Å². The maximum atomic E-state index is 11.2. The lowest BCUT2D eigenvalue weighted by molar-refractivity contribution is 0.101. The smallest absolute Gasteiger partial charge is 0.224 e. The molecule has 0 amide bonds. The molecule has 1 aromatic carbocycles. The standard InChI is InChI=1S/C13H10Cl2N2O2/c1-7(18)9-3-4-11(10(14)5-9)19-13-6-12(15)16-8(2)17-13/h3-6H,1-2H3. The lowest BCUT2D eigenvalue weighted by atomic mass is 10.1. The molecular weight excluding hydrogens is 287 g/mol. The molecular formula is C13H10Cl2N2O2. The van der Waals surface area contributed by atoms with Crippen molar-refractivity contribution in [3.8, 4) is 11.6 Å². The van der Waals surface area contributed by atoms with Crippen molar-refractivity contribution in [3.63, 3.8) is 0 Å². The van der Waals surface area contributed by atoms with Crippen molar-refractivity contribution in [2.75, 3.05) is 0 Å². The van der Waals surface area contributed by atoms with E-state index in [1.54, 1.807) is 25.1 Å². The van der Waals surface area contributed by atoms with E-state index in [4.69, 9.17) is 27.9 Å². The number of hydrogen-bond donors (Lipinski definition) is 0. The molecule has 0 radical (unpaired) electrons. The zero-order chi connectivity index (χ0) is 14.0. The number of benzene rings is 1. The molecule has 98 valence electrons. The molecule has 0 aliphatic carbocycles. The van der Waals surface area contributed by atoms with E-state index in [0.29, 0.717) is 33.2 Å². The van der Waals surface area contributed by atoms with Crippen LogP contribution in [0.4, 0.5) is 0 Å². The normalized spacial score (nSPS) is 10.3. The van der Waals surface area contributed by atoms with Gasteiger partial charge < -0.3 is 4.74 Å². The molecule has 1 heterocycles. The van der Waals surface area contributed by atoms with Gasteiger partial charge in [0.1, 0.15) is 16.7 Å². The van der Waals surface area contributed by atoms with Gasteiger partial charge in [0.15, 0.2) is 5.78 Å². The molecule has 0 bridgehead atoms. The number of nitrogens with zero attached hydrogens (tertiary/aromatic N) is 2. The fraction of sp³-hybridized carbons (Fsp3) is 0.154. The molecule has 1 aromatic heterocycles. The summed E-state index contributed by atoms with van der Waals surface area (Å²) >= 11 is 11.9. The second kappa shape index (κ2) is 5.55. The highest BCUT2D eigenvalue weighted by molar-refractivity contribution is 6.32. The number of carbonyl (C=O) groups is 1. The van der Waals surface area contributed by atoms with E-state index in [0.717, 1.165) is 0 Å². The topological polar surface area (TPSA) is 52.1 Å². The van der Waals surface area contributed by atoms with E-state index in [-0.39, 0.29) is 5.78 Å². The second-order valence-electron chi connectivity index (χ2n) is 3.88. The van der Waals surface area contributed by atoms with Crippen molar-refractivity contribution >= 4 is 29.0 Å². The van der Waals surface area contributed by atoms with Crippen LogP contribution in [0.15, 0.2) is 24.3 Å². The minimum Gasteiger partial charge on any atom is -0.437 e. The second-order valence-corrected chi connectivity index (χ2v) is 4.67. The quantitative estimate of drug-likeness (QED) is 0.632. The van der Waals surface area contributed by atoms with E-state index in [1.165, 1.54) is 13.0 Å². The summed E-state index contributed by atoms with van der Waals surface area (Å²) in [6, 6.07) is 6.29. The first kappa shape index (κ1) is 13.8. The third kappa shape index (κ3) is 3.43. The SMILES string of the molecule is CC(=O)c1ccc(Oc2cc(Cl)nc(C)n2)c(Cl)c1. The summed E-state index contributed by atoms with van der Waals surface area (Å²) in [5, 5.41) is 0.624. The van der Waals surface area contributed by atoms with Crippen molar-refractivity contribution in [2.24, 2.45) is 0 Å². The van der Waals surface area contributed by atoms with Gasteiger partial charge >= 0.3 is 0 Å². The van der Waals surface area contributed by atoms with Gasteiger partial charge in [0.05, 0.1) is 5.02 Å². The summed E-state index contributed by atoms with van der Waals surface area (Å²) in [6.45, 7) is 3.18. The van der Waals surface area contributed by atoms with E-state index < -0.39 is 0 Å². The molecule has 2 rings (SSSR count). The molecule has 4 nitrogen and oxygen atoms in total. The fourth-order valence-electron chi connectivity index (χ4n) is 1.47. The highest BCUT2D eigenvalue weighted by Gasteiger charge is 2.09. The molecule has 19 heavy (non-hydrogen) atoms. The predicted molar refractivity (Wildman–Crippen MR) is 73.3 cm³/mol. The Kier molecular flexibility index (Phi) is 4.02. The van der Waals surface area contributed by atoms with Gasteiger partial charge in [-0.15, -0.1) is 0 Å². The van der Waals surface area contributed by atoms with Gasteiger partial charge in [0, 0.05) is 11.6 Å². The summed E-state index contributed by atoms with van der Waals surface area (Å²) in [7, 11) is 0. The molecule has 0 saturated heterocycles. The Labute approximate surface area is 120 Å². The number of halogens is 2. The largest absolute Gasteiger partial charge is 0.437 e. The van der Waals surface area contributed by atoms with Crippen molar-refractivity contribution in [3.05, 3.63) is 45.8 Å². The van der Waals surface area contributed by atoms with Crippen LogP contribution in [0.5, 0.6) is 11.6 Å². The molecule has 0 unspecified atom stereocenters. The summed E-state index contributed by atoms with van der Waals surface area (Å²) < 4.78 is 5.53. The van der Waals surface area contributed by atoms with Crippen LogP contribution < -0.4 is 4.74 Å². The third-order valence-corrected chi connectivity index (χ3v) is 2.83. The number of Topliss-reactive ketones (excluding diaryl/α,β-unsaturated/α-hetero) is 1. The Morgan fingerprint density at radius 2 is 1.95 bits per heavy atom. The summed E-state index contributed by atoms with van der Waals surface area (Å²) in [6.07, 6.45) is 0. The highest BCUT2D eigenvalue weighted by Crippen LogP contribution is 2.30. The number of rotatable bonds is 3. The van der Waals surface area contributed by atoms with Crippen molar-refractivity contribution in [2.45, 2.75) is 13.8 Å². The van der Waals surface area contributed by atoms with Crippen LogP contribution in [0.1, 0.15) is 23.1 Å². The highest BCUT2D eigenvalue weighted by atomic mass is 35.5. The van der Waals surface area contributed by atoms with Gasteiger partial charge in [-0.05, 0) is 32.0 Å². The number of hydrogen-bond acceptors (Lipinski definition) is 4. The first-order chi connectivity index (χ1) is 8.95. The molecule has 0 atom stereocenters. The van der Waals surface area contributed by atoms with Crippen molar-refractivity contribution in [1.82, 2.24) is 9.97 Å². The van der Waals surface area contributed by atoms with E-state index in [9.17, 15) is 4.79 Å². The van der Waals surface area contributed by atoms with Gasteiger partial charge in [0.25, 0.3) is 0 Å². The van der Waals surface area contributed by atoms with Crippen molar-refractivity contribution in [1.29, 1.82) is 0 Å². The van der Waals surface area contributed by atoms with Crippen LogP contribution in [-0.4, -0.2) is 15.8 Å². The van der Waals surface area contributed by atoms with Gasteiger partial charge in [-0.3, -0.25) is 4.79 Å². The number of carbonyl (C=O) groups excluding carboxylic acids is 1. The summed E-state index contributed by atoms with van der Waals surface area (Å²) in [5.41, 5.74) is 0.522. The van der Waals surface area contributed by atoms with Crippen LogP contribution in [0.25, 0.3) is 0 Å². The predicted octanol–water partition coefficient (Wildman–Crippen LogP) is 4.09. The molecule has 0 aliphatic rings. The maximum absolute atomic E-state index is 11.2. The Morgan fingerprint density at radius 3 is 2.53 bits per heavy atom. The molecule has 0 saturated carbocycles. The van der Waals surface area contributed by atoms with Gasteiger partial charge in [-0.2, -0.15) is 4.98 Å². The maximum Gasteiger partial charge on any atom is 0.224 e. The van der Waals surface area contributed by atoms with Crippen LogP contribution in [0.2, 0.25) is 10.2 Å². The van der Waals surface area contributed by atoms with Crippen LogP contribution >= 0.6 is 23.2 Å². The first-order valence-corrected chi connectivity index (χ1v) is 6.21. The number of aryl methyl sites for hydroxylation is 1. The van der Waals surface area contributed by atoms with Gasteiger partial charge in [-0.25, -0.2) is 4.98 Å². The van der Waals surface area contributed by atoms with E-state index in [2.05, 4.69) is 9.97 Å². The minimum absolute atomic E-state index is 0.0608. The molecule has 0 N–H and O–H groups in total. The zero-order valence-electron chi connectivity index (χ0n) is 10.3. The summed E-state index contributed by atoms with van der Waals surface area (Å²) in [4.78, 5) is 19.2. The average Bonchev–Trinajstić information content (AvgIpc) is 2.30. The lowest BCUT2D eigenvalue weighted by Crippen LogP contribution is -1.95. The number of ketones is 1. The Bertz CT molecular complexity index is 624. The van der Waals surface area contributed by atoms with Gasteiger partial charge in [0.2, 0.25) is 5.88 Å². The number of aromatic nitrogens is 2. The first-order valence-electron chi connectivity index (χ1n) is 5.45. The molecule has 0 spiro atoms. The minimum atomic E-state index is -0.0608. The van der Waals surface area contributed by atoms with Crippen molar-refractivity contribution < 1.29 is 9.53 Å². The van der Waals surface area contributed by atoms with Gasteiger partial charge in [-0.1, -0.05) is 23.2 Å². The Hall–Kier alpha value is -1.65. The Morgan fingerprint density at radius 1 is 1.21 bits per heavy atom. The molecule has 0 fully saturated rings. The fourth-order valence-corrected chi connectivity index (χ4v) is 1.91. The summed E-state index contributed by atoms with van der Waals surface area (Å²) in [5.74, 6) is 1.14. The Balaban J connectivity index is 2.30. The lowest BCUT2D eigenvalue weighted by Gasteiger charge is -2.08. The number of ether oxygens (including phenoxy) is 1. The van der Waals surface area contributed by atoms with Crippen LogP contribution in [-0.2, 0) is 0 Å². The van der Waals surface area contributed by atoms with Crippen LogP contribution in [0, 0.1) is 6.92 Å². The third-order valence-electron chi connectivity index (χ3n) is 2.34. The average molecular weight is 297 g/mol. The zero-order valence-corrected chi connectivity index (χ0v) is 11.8. The molecule has 6 heteroatoms. The van der Waals surface area contributed by atoms with E-state index >= 15 is 0 Å². The molecule has 0 aliphatic heterocycles. The van der Waals surface area contributed by atoms with E-state index in [1.807, 2.05) is 0 Å². The monoisotopic (exact) mass is 296 g/mol. The molecule has 2 aromatic rings.